The van der Waals surface area contributed by atoms with Crippen LogP contribution in [0.3, 0.4) is 0 Å². The quantitative estimate of drug-likeness (QED) is 0.450. The Hall–Kier alpha value is -2.67. The van der Waals surface area contributed by atoms with Gasteiger partial charge in [0.1, 0.15) is 12.2 Å². The van der Waals surface area contributed by atoms with Gasteiger partial charge in [0.2, 0.25) is 0 Å². The van der Waals surface area contributed by atoms with Gasteiger partial charge in [0.15, 0.2) is 5.11 Å². The molecule has 3 rings (SSSR count). The fraction of sp³-hybridized carbons (Fsp3) is 0.350. The number of rotatable bonds is 5. The number of amides is 1. The third-order valence-electron chi connectivity index (χ3n) is 4.52. The molecule has 1 aliphatic heterocycles. The standard InChI is InChI=1S/C20H23N3O3S/c1-13(2)10-22-11-14(15-7-5-6-8-16(15)22)9-17-19(25)21(3)20(27)23(17)12-18(24)26-4/h5-9,11,13H,10,12H2,1-4H3/b17-9-. The number of para-hydroxylation sites is 1. The highest BCUT2D eigenvalue weighted by molar-refractivity contribution is 7.80. The summed E-state index contributed by atoms with van der Waals surface area (Å²) in [5.41, 5.74) is 2.40. The van der Waals surface area contributed by atoms with Gasteiger partial charge < -0.3 is 14.2 Å². The van der Waals surface area contributed by atoms with Gasteiger partial charge in [0.25, 0.3) is 5.91 Å². The summed E-state index contributed by atoms with van der Waals surface area (Å²) >= 11 is 5.34. The molecule has 0 unspecified atom stereocenters. The van der Waals surface area contributed by atoms with Crippen LogP contribution in [0.4, 0.5) is 0 Å². The molecule has 0 aliphatic carbocycles. The number of benzene rings is 1. The molecule has 2 heterocycles. The molecule has 1 fully saturated rings. The molecule has 2 aromatic rings. The van der Waals surface area contributed by atoms with Crippen molar-refractivity contribution in [3.05, 3.63) is 41.7 Å². The van der Waals surface area contributed by atoms with E-state index in [2.05, 4.69) is 24.5 Å². The summed E-state index contributed by atoms with van der Waals surface area (Å²) in [4.78, 5) is 27.4. The Balaban J connectivity index is 2.09. The van der Waals surface area contributed by atoms with Crippen LogP contribution in [0, 0.1) is 5.92 Å². The summed E-state index contributed by atoms with van der Waals surface area (Å²) in [5.74, 6) is -0.192. The lowest BCUT2D eigenvalue weighted by Gasteiger charge is -2.16. The Kier molecular flexibility index (Phi) is 5.32. The number of thiocarbonyl (C=S) groups is 1. The number of likely N-dealkylation sites (N-methyl/N-ethyl adjacent to an activating group) is 1. The first-order chi connectivity index (χ1) is 12.8. The SMILES string of the molecule is COC(=O)CN1C(=S)N(C)C(=O)/C1=C/c1cn(CC(C)C)c2ccccc12. The third-order valence-corrected chi connectivity index (χ3v) is 5.01. The molecule has 1 saturated heterocycles. The van der Waals surface area contributed by atoms with Crippen molar-refractivity contribution in [1.82, 2.24) is 14.4 Å². The van der Waals surface area contributed by atoms with Crippen LogP contribution in [0.25, 0.3) is 17.0 Å². The van der Waals surface area contributed by atoms with E-state index in [0.29, 0.717) is 16.7 Å². The van der Waals surface area contributed by atoms with E-state index in [1.165, 1.54) is 16.9 Å². The molecular formula is C20H23N3O3S. The van der Waals surface area contributed by atoms with Crippen molar-refractivity contribution in [1.29, 1.82) is 0 Å². The van der Waals surface area contributed by atoms with E-state index in [4.69, 9.17) is 17.0 Å². The second-order valence-electron chi connectivity index (χ2n) is 6.99. The van der Waals surface area contributed by atoms with E-state index >= 15 is 0 Å². The molecule has 0 bridgehead atoms. The van der Waals surface area contributed by atoms with Crippen LogP contribution in [-0.4, -0.2) is 52.1 Å². The Morgan fingerprint density at radius 3 is 2.67 bits per heavy atom. The summed E-state index contributed by atoms with van der Waals surface area (Å²) in [6.07, 6.45) is 3.85. The highest BCUT2D eigenvalue weighted by Crippen LogP contribution is 2.28. The summed E-state index contributed by atoms with van der Waals surface area (Å²) in [6.45, 7) is 5.11. The van der Waals surface area contributed by atoms with E-state index in [-0.39, 0.29) is 12.5 Å². The first kappa shape index (κ1) is 19.1. The van der Waals surface area contributed by atoms with Crippen LogP contribution < -0.4 is 0 Å². The second kappa shape index (κ2) is 7.52. The molecular weight excluding hydrogens is 362 g/mol. The topological polar surface area (TPSA) is 54.8 Å². The normalized spacial score (nSPS) is 16.3. The van der Waals surface area contributed by atoms with Gasteiger partial charge in [-0.3, -0.25) is 14.5 Å². The van der Waals surface area contributed by atoms with Gasteiger partial charge >= 0.3 is 5.97 Å². The maximum atomic E-state index is 12.7. The fourth-order valence-electron chi connectivity index (χ4n) is 3.23. The maximum absolute atomic E-state index is 12.7. The summed E-state index contributed by atoms with van der Waals surface area (Å²) in [5, 5.41) is 1.35. The van der Waals surface area contributed by atoms with Gasteiger partial charge in [-0.15, -0.1) is 0 Å². The number of hydrogen-bond donors (Lipinski definition) is 0. The zero-order chi connectivity index (χ0) is 19.7. The predicted molar refractivity (Wildman–Crippen MR) is 109 cm³/mol. The second-order valence-corrected chi connectivity index (χ2v) is 7.35. The average Bonchev–Trinajstić information content (AvgIpc) is 3.07. The average molecular weight is 385 g/mol. The zero-order valence-corrected chi connectivity index (χ0v) is 16.7. The van der Waals surface area contributed by atoms with E-state index in [0.717, 1.165) is 23.0 Å². The van der Waals surface area contributed by atoms with Crippen LogP contribution in [0.5, 0.6) is 0 Å². The number of hydrogen-bond acceptors (Lipinski definition) is 4. The summed E-state index contributed by atoms with van der Waals surface area (Å²) < 4.78 is 6.94. The van der Waals surface area contributed by atoms with Gasteiger partial charge in [-0.25, -0.2) is 0 Å². The van der Waals surface area contributed by atoms with Crippen LogP contribution in [0.2, 0.25) is 0 Å². The minimum Gasteiger partial charge on any atom is -0.468 e. The molecule has 0 N–H and O–H groups in total. The van der Waals surface area contributed by atoms with Gasteiger partial charge in [-0.1, -0.05) is 32.0 Å². The lowest BCUT2D eigenvalue weighted by molar-refractivity contribution is -0.140. The Morgan fingerprint density at radius 1 is 1.30 bits per heavy atom. The van der Waals surface area contributed by atoms with Crippen molar-refractivity contribution >= 4 is 46.2 Å². The molecule has 0 radical (unpaired) electrons. The molecule has 0 spiro atoms. The van der Waals surface area contributed by atoms with Crippen molar-refractivity contribution in [3.8, 4) is 0 Å². The van der Waals surface area contributed by atoms with Crippen molar-refractivity contribution in [2.45, 2.75) is 20.4 Å². The Labute approximate surface area is 164 Å². The van der Waals surface area contributed by atoms with Gasteiger partial charge in [-0.05, 0) is 30.3 Å². The van der Waals surface area contributed by atoms with Gasteiger partial charge in [0, 0.05) is 36.3 Å². The smallest absolute Gasteiger partial charge is 0.325 e. The Bertz CT molecular complexity index is 945. The number of methoxy groups -OCH3 is 1. The van der Waals surface area contributed by atoms with E-state index in [1.807, 2.05) is 24.4 Å². The van der Waals surface area contributed by atoms with Crippen LogP contribution in [-0.2, 0) is 20.9 Å². The molecule has 1 amide bonds. The molecule has 0 saturated carbocycles. The maximum Gasteiger partial charge on any atom is 0.325 e. The number of ether oxygens (including phenoxy) is 1. The summed E-state index contributed by atoms with van der Waals surface area (Å²) in [6, 6.07) is 8.08. The van der Waals surface area contributed by atoms with Crippen molar-refractivity contribution in [3.63, 3.8) is 0 Å². The van der Waals surface area contributed by atoms with Crippen molar-refractivity contribution < 1.29 is 14.3 Å². The lowest BCUT2D eigenvalue weighted by atomic mass is 10.1. The predicted octanol–water partition coefficient (Wildman–Crippen LogP) is 2.87. The number of fused-ring (bicyclic) bond motifs is 1. The highest BCUT2D eigenvalue weighted by Gasteiger charge is 2.36. The molecule has 6 nitrogen and oxygen atoms in total. The van der Waals surface area contributed by atoms with E-state index < -0.39 is 5.97 Å². The van der Waals surface area contributed by atoms with Crippen LogP contribution in [0.1, 0.15) is 19.4 Å². The molecule has 7 heteroatoms. The lowest BCUT2D eigenvalue weighted by Crippen LogP contribution is -2.33. The number of carbonyl (C=O) groups is 2. The molecule has 0 atom stereocenters. The first-order valence-corrected chi connectivity index (χ1v) is 9.20. The third kappa shape index (κ3) is 3.60. The number of nitrogens with zero attached hydrogens (tertiary/aromatic N) is 3. The minimum atomic E-state index is -0.450. The highest BCUT2D eigenvalue weighted by atomic mass is 32.1. The van der Waals surface area contributed by atoms with Crippen LogP contribution in [0.15, 0.2) is 36.2 Å². The zero-order valence-electron chi connectivity index (χ0n) is 15.9. The fourth-order valence-corrected chi connectivity index (χ4v) is 3.47. The molecule has 142 valence electrons. The van der Waals surface area contributed by atoms with Crippen LogP contribution >= 0.6 is 12.2 Å². The molecule has 1 aromatic carbocycles. The van der Waals surface area contributed by atoms with Gasteiger partial charge in [0.05, 0.1) is 7.11 Å². The van der Waals surface area contributed by atoms with Gasteiger partial charge in [-0.2, -0.15) is 0 Å². The van der Waals surface area contributed by atoms with Crippen molar-refractivity contribution in [2.75, 3.05) is 20.7 Å². The molecule has 1 aromatic heterocycles. The number of carbonyl (C=O) groups excluding carboxylic acids is 2. The monoisotopic (exact) mass is 385 g/mol. The molecule has 1 aliphatic rings. The number of aromatic nitrogens is 1. The van der Waals surface area contributed by atoms with E-state index in [9.17, 15) is 9.59 Å². The largest absolute Gasteiger partial charge is 0.468 e. The number of esters is 1. The van der Waals surface area contributed by atoms with E-state index in [1.54, 1.807) is 13.1 Å². The first-order valence-electron chi connectivity index (χ1n) is 8.79. The summed E-state index contributed by atoms with van der Waals surface area (Å²) in [7, 11) is 2.92. The Morgan fingerprint density at radius 2 is 2.00 bits per heavy atom. The minimum absolute atomic E-state index is 0.0954. The molecule has 27 heavy (non-hydrogen) atoms. The van der Waals surface area contributed by atoms with Crippen molar-refractivity contribution in [2.24, 2.45) is 5.92 Å².